The Morgan fingerprint density at radius 1 is 1.23 bits per heavy atom. The first kappa shape index (κ1) is 15.9. The molecule has 22 heavy (non-hydrogen) atoms. The lowest BCUT2D eigenvalue weighted by molar-refractivity contribution is -0.138. The minimum atomic E-state index is -0.878. The fraction of sp³-hybridized carbons (Fsp3) is 0.278. The maximum absolute atomic E-state index is 11.9. The van der Waals surface area contributed by atoms with E-state index in [9.17, 15) is 9.90 Å². The standard InChI is InChI=1S/C18H21NO3/c1-4-19(15-9-5-7-13(2)11-15)17(18(20)21)14-8-6-10-16(12-14)22-3/h5-12,17H,4H2,1-3H3,(H,20,21). The molecule has 0 spiro atoms. The number of nitrogens with zero attached hydrogens (tertiary/aromatic N) is 1. The number of hydrogen-bond donors (Lipinski definition) is 1. The van der Waals surface area contributed by atoms with Gasteiger partial charge in [0.15, 0.2) is 6.04 Å². The minimum absolute atomic E-state index is 0.595. The topological polar surface area (TPSA) is 49.8 Å². The molecule has 4 heteroatoms. The van der Waals surface area contributed by atoms with Crippen molar-refractivity contribution in [2.75, 3.05) is 18.6 Å². The first-order valence-electron chi connectivity index (χ1n) is 7.27. The molecule has 4 nitrogen and oxygen atoms in total. The third kappa shape index (κ3) is 3.39. The van der Waals surface area contributed by atoms with Gasteiger partial charge in [-0.3, -0.25) is 0 Å². The number of carbonyl (C=O) groups is 1. The van der Waals surface area contributed by atoms with E-state index in [2.05, 4.69) is 0 Å². The first-order chi connectivity index (χ1) is 10.6. The van der Waals surface area contributed by atoms with E-state index in [4.69, 9.17) is 4.74 Å². The highest BCUT2D eigenvalue weighted by molar-refractivity contribution is 5.80. The lowest BCUT2D eigenvalue weighted by Crippen LogP contribution is -2.34. The number of rotatable bonds is 6. The van der Waals surface area contributed by atoms with Gasteiger partial charge < -0.3 is 14.7 Å². The second-order valence-corrected chi connectivity index (χ2v) is 5.14. The Morgan fingerprint density at radius 3 is 2.55 bits per heavy atom. The molecule has 2 aromatic carbocycles. The minimum Gasteiger partial charge on any atom is -0.497 e. The van der Waals surface area contributed by atoms with E-state index in [0.717, 1.165) is 11.3 Å². The highest BCUT2D eigenvalue weighted by Crippen LogP contribution is 2.29. The van der Waals surface area contributed by atoms with Crippen molar-refractivity contribution < 1.29 is 14.6 Å². The summed E-state index contributed by atoms with van der Waals surface area (Å²) in [6.45, 7) is 4.55. The van der Waals surface area contributed by atoms with Gasteiger partial charge in [-0.25, -0.2) is 4.79 Å². The number of carboxylic acid groups (broad SMARTS) is 1. The fourth-order valence-electron chi connectivity index (χ4n) is 2.59. The molecule has 1 atom stereocenters. The molecule has 0 bridgehead atoms. The van der Waals surface area contributed by atoms with Crippen molar-refractivity contribution in [2.24, 2.45) is 0 Å². The number of carboxylic acids is 1. The van der Waals surface area contributed by atoms with Gasteiger partial charge in [0.05, 0.1) is 7.11 Å². The van der Waals surface area contributed by atoms with Crippen LogP contribution in [0.1, 0.15) is 24.1 Å². The normalized spacial score (nSPS) is 11.8. The highest BCUT2D eigenvalue weighted by Gasteiger charge is 2.27. The van der Waals surface area contributed by atoms with E-state index < -0.39 is 12.0 Å². The van der Waals surface area contributed by atoms with Gasteiger partial charge in [0.1, 0.15) is 5.75 Å². The predicted molar refractivity (Wildman–Crippen MR) is 87.6 cm³/mol. The van der Waals surface area contributed by atoms with Gasteiger partial charge in [-0.05, 0) is 49.2 Å². The second kappa shape index (κ2) is 6.98. The van der Waals surface area contributed by atoms with Gasteiger partial charge >= 0.3 is 5.97 Å². The SMILES string of the molecule is CCN(c1cccc(C)c1)C(C(=O)O)c1cccc(OC)c1. The van der Waals surface area contributed by atoms with Gasteiger partial charge in [-0.2, -0.15) is 0 Å². The van der Waals surface area contributed by atoms with E-state index in [1.54, 1.807) is 13.2 Å². The maximum Gasteiger partial charge on any atom is 0.331 e. The molecule has 2 aromatic rings. The molecule has 0 saturated heterocycles. The Hall–Kier alpha value is -2.49. The van der Waals surface area contributed by atoms with E-state index >= 15 is 0 Å². The Balaban J connectivity index is 2.46. The number of aliphatic carboxylic acids is 1. The first-order valence-corrected chi connectivity index (χ1v) is 7.27. The lowest BCUT2D eigenvalue weighted by atomic mass is 10.0. The number of anilines is 1. The zero-order valence-corrected chi connectivity index (χ0v) is 13.1. The average Bonchev–Trinajstić information content (AvgIpc) is 2.52. The molecule has 0 aliphatic heterocycles. The predicted octanol–water partition coefficient (Wildman–Crippen LogP) is 3.66. The summed E-state index contributed by atoms with van der Waals surface area (Å²) >= 11 is 0. The van der Waals surface area contributed by atoms with Crippen molar-refractivity contribution in [3.63, 3.8) is 0 Å². The Morgan fingerprint density at radius 2 is 1.95 bits per heavy atom. The van der Waals surface area contributed by atoms with E-state index in [1.165, 1.54) is 0 Å². The van der Waals surface area contributed by atoms with Crippen LogP contribution in [0.25, 0.3) is 0 Å². The van der Waals surface area contributed by atoms with Gasteiger partial charge in [0.2, 0.25) is 0 Å². The number of methoxy groups -OCH3 is 1. The van der Waals surface area contributed by atoms with Crippen LogP contribution in [0.15, 0.2) is 48.5 Å². The van der Waals surface area contributed by atoms with Crippen LogP contribution in [-0.4, -0.2) is 24.7 Å². The zero-order valence-electron chi connectivity index (χ0n) is 13.1. The van der Waals surface area contributed by atoms with Crippen LogP contribution in [0.4, 0.5) is 5.69 Å². The molecule has 1 unspecified atom stereocenters. The summed E-state index contributed by atoms with van der Waals surface area (Å²) in [6.07, 6.45) is 0. The van der Waals surface area contributed by atoms with Gasteiger partial charge in [0, 0.05) is 12.2 Å². The summed E-state index contributed by atoms with van der Waals surface area (Å²) < 4.78 is 5.21. The summed E-state index contributed by atoms with van der Waals surface area (Å²) in [4.78, 5) is 13.8. The molecule has 0 aliphatic carbocycles. The summed E-state index contributed by atoms with van der Waals surface area (Å²) in [6, 6.07) is 14.3. The summed E-state index contributed by atoms with van der Waals surface area (Å²) in [5, 5.41) is 9.74. The van der Waals surface area contributed by atoms with Crippen molar-refractivity contribution in [3.8, 4) is 5.75 Å². The fourth-order valence-corrected chi connectivity index (χ4v) is 2.59. The smallest absolute Gasteiger partial charge is 0.331 e. The molecule has 0 radical (unpaired) electrons. The van der Waals surface area contributed by atoms with Crippen molar-refractivity contribution in [1.29, 1.82) is 0 Å². The Labute approximate surface area is 131 Å². The van der Waals surface area contributed by atoms with E-state index in [0.29, 0.717) is 17.9 Å². The van der Waals surface area contributed by atoms with Crippen LogP contribution >= 0.6 is 0 Å². The number of likely N-dealkylation sites (N-methyl/N-ethyl adjacent to an activating group) is 1. The van der Waals surface area contributed by atoms with Gasteiger partial charge in [-0.1, -0.05) is 24.3 Å². The average molecular weight is 299 g/mol. The zero-order chi connectivity index (χ0) is 16.1. The second-order valence-electron chi connectivity index (χ2n) is 5.14. The van der Waals surface area contributed by atoms with Crippen LogP contribution in [0.2, 0.25) is 0 Å². The van der Waals surface area contributed by atoms with Gasteiger partial charge in [-0.15, -0.1) is 0 Å². The number of benzene rings is 2. The molecule has 2 rings (SSSR count). The highest BCUT2D eigenvalue weighted by atomic mass is 16.5. The van der Waals surface area contributed by atoms with Crippen LogP contribution in [0.5, 0.6) is 5.75 Å². The third-order valence-corrected chi connectivity index (χ3v) is 3.63. The Kier molecular flexibility index (Phi) is 5.04. The van der Waals surface area contributed by atoms with E-state index in [-0.39, 0.29) is 0 Å². The largest absolute Gasteiger partial charge is 0.497 e. The van der Waals surface area contributed by atoms with Gasteiger partial charge in [0.25, 0.3) is 0 Å². The molecule has 116 valence electrons. The molecule has 0 fully saturated rings. The number of ether oxygens (including phenoxy) is 1. The summed E-state index contributed by atoms with van der Waals surface area (Å²) in [7, 11) is 1.58. The molecule has 0 amide bonds. The number of aryl methyl sites for hydroxylation is 1. The molecule has 0 saturated carbocycles. The van der Waals surface area contributed by atoms with Crippen molar-refractivity contribution in [2.45, 2.75) is 19.9 Å². The molecule has 1 N–H and O–H groups in total. The van der Waals surface area contributed by atoms with Crippen molar-refractivity contribution >= 4 is 11.7 Å². The van der Waals surface area contributed by atoms with Crippen LogP contribution < -0.4 is 9.64 Å². The molecular weight excluding hydrogens is 278 g/mol. The molecule has 0 aliphatic rings. The van der Waals surface area contributed by atoms with E-state index in [1.807, 2.05) is 61.2 Å². The molecular formula is C18H21NO3. The van der Waals surface area contributed by atoms with Crippen LogP contribution in [-0.2, 0) is 4.79 Å². The van der Waals surface area contributed by atoms with Crippen molar-refractivity contribution in [1.82, 2.24) is 0 Å². The maximum atomic E-state index is 11.9. The molecule has 0 heterocycles. The van der Waals surface area contributed by atoms with Crippen LogP contribution in [0.3, 0.4) is 0 Å². The summed E-state index contributed by atoms with van der Waals surface area (Å²) in [5.74, 6) is -0.222. The molecule has 0 aromatic heterocycles. The van der Waals surface area contributed by atoms with Crippen LogP contribution in [0, 0.1) is 6.92 Å². The quantitative estimate of drug-likeness (QED) is 0.884. The summed E-state index contributed by atoms with van der Waals surface area (Å²) in [5.41, 5.74) is 2.71. The third-order valence-electron chi connectivity index (χ3n) is 3.63. The Bertz CT molecular complexity index is 654. The monoisotopic (exact) mass is 299 g/mol. The van der Waals surface area contributed by atoms with Crippen molar-refractivity contribution in [3.05, 3.63) is 59.7 Å². The number of hydrogen-bond acceptors (Lipinski definition) is 3. The lowest BCUT2D eigenvalue weighted by Gasteiger charge is -2.30.